The van der Waals surface area contributed by atoms with E-state index in [1.165, 1.54) is 5.56 Å². The minimum absolute atomic E-state index is 0.238. The molecule has 5 nitrogen and oxygen atoms in total. The summed E-state index contributed by atoms with van der Waals surface area (Å²) in [5.41, 5.74) is 1.99. The van der Waals surface area contributed by atoms with Gasteiger partial charge in [0.15, 0.2) is 0 Å². The topological polar surface area (TPSA) is 59.0 Å². The lowest BCUT2D eigenvalue weighted by atomic mass is 9.95. The highest BCUT2D eigenvalue weighted by molar-refractivity contribution is 5.68. The summed E-state index contributed by atoms with van der Waals surface area (Å²) in [6.45, 7) is 6.02. The number of carbonyl (C=O) groups is 1. The lowest BCUT2D eigenvalue weighted by Gasteiger charge is -2.47. The number of hydrogen-bond acceptors (Lipinski definition) is 4. The van der Waals surface area contributed by atoms with Crippen LogP contribution in [0.3, 0.4) is 0 Å². The molecule has 1 N–H and O–H groups in total. The standard InChI is InChI=1S/C15H21NO4/c1-11-4-5-13(19-3)12(6-11)7-16-9-15(2,10-16)20-8-14(17)18/h4-6H,7-10H2,1-3H3,(H,17,18). The number of hydrogen-bond donors (Lipinski definition) is 1. The van der Waals surface area contributed by atoms with E-state index in [2.05, 4.69) is 17.9 Å². The molecule has 1 aromatic rings. The molecular formula is C15H21NO4. The molecule has 0 bridgehead atoms. The molecule has 0 atom stereocenters. The van der Waals surface area contributed by atoms with Gasteiger partial charge in [0.25, 0.3) is 0 Å². The zero-order valence-corrected chi connectivity index (χ0v) is 12.2. The summed E-state index contributed by atoms with van der Waals surface area (Å²) >= 11 is 0. The van der Waals surface area contributed by atoms with Crippen molar-refractivity contribution in [3.05, 3.63) is 29.3 Å². The van der Waals surface area contributed by atoms with Crippen molar-refractivity contribution in [2.24, 2.45) is 0 Å². The van der Waals surface area contributed by atoms with Crippen LogP contribution in [0.1, 0.15) is 18.1 Å². The maximum atomic E-state index is 10.5. The van der Waals surface area contributed by atoms with Crippen molar-refractivity contribution < 1.29 is 19.4 Å². The number of aliphatic carboxylic acids is 1. The molecule has 1 aromatic carbocycles. The maximum Gasteiger partial charge on any atom is 0.329 e. The second-order valence-electron chi connectivity index (χ2n) is 5.59. The van der Waals surface area contributed by atoms with Crippen molar-refractivity contribution >= 4 is 5.97 Å². The maximum absolute atomic E-state index is 10.5. The smallest absolute Gasteiger partial charge is 0.329 e. The number of carboxylic acid groups (broad SMARTS) is 1. The van der Waals surface area contributed by atoms with Crippen LogP contribution in [0.15, 0.2) is 18.2 Å². The average molecular weight is 279 g/mol. The number of methoxy groups -OCH3 is 1. The van der Waals surface area contributed by atoms with E-state index in [0.29, 0.717) is 0 Å². The molecule has 0 spiro atoms. The molecule has 110 valence electrons. The van der Waals surface area contributed by atoms with Crippen molar-refractivity contribution in [3.63, 3.8) is 0 Å². The number of carboxylic acids is 1. The zero-order chi connectivity index (χ0) is 14.8. The van der Waals surface area contributed by atoms with Gasteiger partial charge in [-0.2, -0.15) is 0 Å². The summed E-state index contributed by atoms with van der Waals surface area (Å²) in [5.74, 6) is -0.0410. The Balaban J connectivity index is 1.91. The Labute approximate surface area is 119 Å². The molecule has 0 aliphatic carbocycles. The highest BCUT2D eigenvalue weighted by Gasteiger charge is 2.40. The Morgan fingerprint density at radius 2 is 2.15 bits per heavy atom. The molecule has 1 heterocycles. The van der Waals surface area contributed by atoms with E-state index in [1.807, 2.05) is 19.1 Å². The SMILES string of the molecule is COc1ccc(C)cc1CN1CC(C)(OCC(=O)O)C1. The van der Waals surface area contributed by atoms with Crippen LogP contribution in [0, 0.1) is 6.92 Å². The van der Waals surface area contributed by atoms with Crippen LogP contribution < -0.4 is 4.74 Å². The fraction of sp³-hybridized carbons (Fsp3) is 0.533. The minimum Gasteiger partial charge on any atom is -0.496 e. The van der Waals surface area contributed by atoms with E-state index in [9.17, 15) is 4.79 Å². The number of ether oxygens (including phenoxy) is 2. The van der Waals surface area contributed by atoms with Gasteiger partial charge in [0, 0.05) is 25.2 Å². The van der Waals surface area contributed by atoms with Crippen LogP contribution in [0.2, 0.25) is 0 Å². The first kappa shape index (κ1) is 14.8. The number of aryl methyl sites for hydroxylation is 1. The molecule has 0 saturated carbocycles. The van der Waals surface area contributed by atoms with Gasteiger partial charge in [0.05, 0.1) is 12.7 Å². The quantitative estimate of drug-likeness (QED) is 0.858. The van der Waals surface area contributed by atoms with Gasteiger partial charge in [-0.15, -0.1) is 0 Å². The third-order valence-corrected chi connectivity index (χ3v) is 3.49. The summed E-state index contributed by atoms with van der Waals surface area (Å²) in [5, 5.41) is 8.64. The predicted octanol–water partition coefficient (Wildman–Crippen LogP) is 1.68. The first-order valence-electron chi connectivity index (χ1n) is 6.63. The third-order valence-electron chi connectivity index (χ3n) is 3.49. The van der Waals surface area contributed by atoms with Crippen LogP contribution in [0.25, 0.3) is 0 Å². The van der Waals surface area contributed by atoms with Crippen molar-refractivity contribution in [2.45, 2.75) is 26.0 Å². The Morgan fingerprint density at radius 3 is 2.75 bits per heavy atom. The molecule has 0 aromatic heterocycles. The highest BCUT2D eigenvalue weighted by atomic mass is 16.5. The lowest BCUT2D eigenvalue weighted by Crippen LogP contribution is -2.61. The van der Waals surface area contributed by atoms with E-state index in [1.54, 1.807) is 7.11 Å². The van der Waals surface area contributed by atoms with Crippen LogP contribution in [-0.2, 0) is 16.1 Å². The normalized spacial score (nSPS) is 17.6. The van der Waals surface area contributed by atoms with Gasteiger partial charge in [-0.25, -0.2) is 4.79 Å². The van der Waals surface area contributed by atoms with Gasteiger partial charge < -0.3 is 14.6 Å². The van der Waals surface area contributed by atoms with Crippen LogP contribution in [0.5, 0.6) is 5.75 Å². The number of rotatable bonds is 6. The number of likely N-dealkylation sites (tertiary alicyclic amines) is 1. The molecule has 1 aliphatic heterocycles. The largest absolute Gasteiger partial charge is 0.496 e. The van der Waals surface area contributed by atoms with Crippen LogP contribution in [-0.4, -0.2) is 48.4 Å². The number of benzene rings is 1. The molecule has 5 heteroatoms. The second kappa shape index (κ2) is 5.81. The van der Waals surface area contributed by atoms with Gasteiger partial charge >= 0.3 is 5.97 Å². The van der Waals surface area contributed by atoms with Crippen LogP contribution >= 0.6 is 0 Å². The van der Waals surface area contributed by atoms with Gasteiger partial charge in [0.2, 0.25) is 0 Å². The summed E-state index contributed by atoms with van der Waals surface area (Å²) in [4.78, 5) is 12.7. The van der Waals surface area contributed by atoms with Crippen molar-refractivity contribution in [3.8, 4) is 5.75 Å². The van der Waals surface area contributed by atoms with E-state index in [4.69, 9.17) is 14.6 Å². The Morgan fingerprint density at radius 1 is 1.45 bits per heavy atom. The monoisotopic (exact) mass is 279 g/mol. The van der Waals surface area contributed by atoms with E-state index >= 15 is 0 Å². The highest BCUT2D eigenvalue weighted by Crippen LogP contribution is 2.29. The molecule has 1 saturated heterocycles. The van der Waals surface area contributed by atoms with Crippen molar-refractivity contribution in [1.82, 2.24) is 4.90 Å². The fourth-order valence-electron chi connectivity index (χ4n) is 2.61. The van der Waals surface area contributed by atoms with Crippen LogP contribution in [0.4, 0.5) is 0 Å². The van der Waals surface area contributed by atoms with Crippen molar-refractivity contribution in [2.75, 3.05) is 26.8 Å². The molecule has 2 rings (SSSR count). The summed E-state index contributed by atoms with van der Waals surface area (Å²) < 4.78 is 10.8. The van der Waals surface area contributed by atoms with E-state index < -0.39 is 5.97 Å². The second-order valence-corrected chi connectivity index (χ2v) is 5.59. The van der Waals surface area contributed by atoms with Gasteiger partial charge in [-0.1, -0.05) is 17.7 Å². The first-order chi connectivity index (χ1) is 9.42. The molecule has 0 radical (unpaired) electrons. The lowest BCUT2D eigenvalue weighted by molar-refractivity contribution is -0.165. The Hall–Kier alpha value is -1.59. The predicted molar refractivity (Wildman–Crippen MR) is 75.0 cm³/mol. The molecule has 0 amide bonds. The molecule has 1 aliphatic rings. The van der Waals surface area contributed by atoms with E-state index in [0.717, 1.165) is 30.9 Å². The summed E-state index contributed by atoms with van der Waals surface area (Å²) in [6, 6.07) is 6.12. The Bertz CT molecular complexity index is 495. The molecule has 1 fully saturated rings. The average Bonchev–Trinajstić information content (AvgIpc) is 2.35. The van der Waals surface area contributed by atoms with Crippen molar-refractivity contribution in [1.29, 1.82) is 0 Å². The molecule has 20 heavy (non-hydrogen) atoms. The summed E-state index contributed by atoms with van der Waals surface area (Å²) in [6.07, 6.45) is 0. The van der Waals surface area contributed by atoms with Gasteiger partial charge in [0.1, 0.15) is 12.4 Å². The molecular weight excluding hydrogens is 258 g/mol. The summed E-state index contributed by atoms with van der Waals surface area (Å²) in [7, 11) is 1.67. The molecule has 0 unspecified atom stereocenters. The van der Waals surface area contributed by atoms with E-state index in [-0.39, 0.29) is 12.2 Å². The van der Waals surface area contributed by atoms with Gasteiger partial charge in [-0.05, 0) is 19.9 Å². The zero-order valence-electron chi connectivity index (χ0n) is 12.2. The number of nitrogens with zero attached hydrogens (tertiary/aromatic N) is 1. The Kier molecular flexibility index (Phi) is 4.30. The fourth-order valence-corrected chi connectivity index (χ4v) is 2.61. The van der Waals surface area contributed by atoms with Gasteiger partial charge in [-0.3, -0.25) is 4.90 Å². The third kappa shape index (κ3) is 3.49. The minimum atomic E-state index is -0.926. The first-order valence-corrected chi connectivity index (χ1v) is 6.63.